The molecule has 0 rings (SSSR count). The molecule has 0 aliphatic rings. The molecule has 0 amide bonds. The summed E-state index contributed by atoms with van der Waals surface area (Å²) in [6, 6.07) is 0. The van der Waals surface area contributed by atoms with Crippen molar-refractivity contribution >= 4 is 13.3 Å². The lowest BCUT2D eigenvalue weighted by Gasteiger charge is -2.34. The second-order valence-electron chi connectivity index (χ2n) is 4.27. The van der Waals surface area contributed by atoms with E-state index in [1.165, 1.54) is 0 Å². The Morgan fingerprint density at radius 1 is 1.53 bits per heavy atom. The van der Waals surface area contributed by atoms with E-state index < -0.39 is 5.87 Å². The Kier molecular flexibility index (Phi) is 6.33. The SMILES string of the molecule is C=C(C)CC(CC)(CCC)NBC(=O)O. The lowest BCUT2D eigenvalue weighted by Crippen LogP contribution is -2.48. The van der Waals surface area contributed by atoms with Crippen LogP contribution in [-0.4, -0.2) is 23.9 Å². The first-order chi connectivity index (χ1) is 6.95. The van der Waals surface area contributed by atoms with Gasteiger partial charge in [0.2, 0.25) is 0 Å². The highest BCUT2D eigenvalue weighted by Crippen LogP contribution is 2.24. The van der Waals surface area contributed by atoms with Crippen LogP contribution in [-0.2, 0) is 0 Å². The van der Waals surface area contributed by atoms with Gasteiger partial charge in [0.05, 0.1) is 0 Å². The maximum absolute atomic E-state index is 10.6. The van der Waals surface area contributed by atoms with Gasteiger partial charge in [-0.25, -0.2) is 0 Å². The van der Waals surface area contributed by atoms with Crippen LogP contribution in [0, 0.1) is 0 Å². The second kappa shape index (κ2) is 6.67. The molecule has 0 aliphatic carbocycles. The summed E-state index contributed by atoms with van der Waals surface area (Å²) in [4.78, 5) is 10.6. The highest BCUT2D eigenvalue weighted by atomic mass is 16.4. The van der Waals surface area contributed by atoms with Crippen molar-refractivity contribution in [2.45, 2.75) is 52.0 Å². The number of carbonyl (C=O) groups is 1. The average molecular weight is 211 g/mol. The molecule has 0 aromatic heterocycles. The van der Waals surface area contributed by atoms with Crippen LogP contribution in [0.1, 0.15) is 46.5 Å². The normalized spacial score (nSPS) is 14.3. The van der Waals surface area contributed by atoms with Crippen molar-refractivity contribution < 1.29 is 9.90 Å². The molecule has 0 aromatic carbocycles. The molecule has 0 saturated carbocycles. The predicted molar refractivity (Wildman–Crippen MR) is 65.7 cm³/mol. The summed E-state index contributed by atoms with van der Waals surface area (Å²) >= 11 is 0. The van der Waals surface area contributed by atoms with Gasteiger partial charge < -0.3 is 10.3 Å². The van der Waals surface area contributed by atoms with Gasteiger partial charge in [-0.1, -0.05) is 25.8 Å². The predicted octanol–water partition coefficient (Wildman–Crippen LogP) is 2.52. The van der Waals surface area contributed by atoms with E-state index in [2.05, 4.69) is 25.7 Å². The zero-order valence-electron chi connectivity index (χ0n) is 10.1. The molecule has 4 heteroatoms. The van der Waals surface area contributed by atoms with Gasteiger partial charge in [-0.2, -0.15) is 0 Å². The minimum Gasteiger partial charge on any atom is -0.488 e. The maximum Gasteiger partial charge on any atom is 0.338 e. The Hall–Kier alpha value is -0.765. The summed E-state index contributed by atoms with van der Waals surface area (Å²) in [7, 11) is 0.0289. The minimum atomic E-state index is -0.800. The van der Waals surface area contributed by atoms with Crippen LogP contribution in [0.25, 0.3) is 0 Å². The van der Waals surface area contributed by atoms with E-state index >= 15 is 0 Å². The van der Waals surface area contributed by atoms with E-state index in [0.29, 0.717) is 0 Å². The summed E-state index contributed by atoms with van der Waals surface area (Å²) in [5.74, 6) is -0.800. The molecule has 2 N–H and O–H groups in total. The molecule has 0 fully saturated rings. The summed E-state index contributed by atoms with van der Waals surface area (Å²) in [5, 5.41) is 11.8. The van der Waals surface area contributed by atoms with E-state index in [1.807, 2.05) is 6.92 Å². The quantitative estimate of drug-likeness (QED) is 0.479. The van der Waals surface area contributed by atoms with Crippen LogP contribution in [0.4, 0.5) is 4.79 Å². The molecule has 0 aliphatic heterocycles. The summed E-state index contributed by atoms with van der Waals surface area (Å²) in [5.41, 5.74) is 1.02. The van der Waals surface area contributed by atoms with Crippen LogP contribution in [0.2, 0.25) is 0 Å². The number of rotatable bonds is 8. The molecule has 0 saturated heterocycles. The van der Waals surface area contributed by atoms with Crippen LogP contribution < -0.4 is 5.23 Å². The fourth-order valence-electron chi connectivity index (χ4n) is 1.99. The zero-order chi connectivity index (χ0) is 11.9. The molecule has 15 heavy (non-hydrogen) atoms. The summed E-state index contributed by atoms with van der Waals surface area (Å²) in [6.45, 7) is 10.1. The fourth-order valence-corrected chi connectivity index (χ4v) is 1.99. The van der Waals surface area contributed by atoms with E-state index in [1.54, 1.807) is 0 Å². The largest absolute Gasteiger partial charge is 0.488 e. The van der Waals surface area contributed by atoms with E-state index in [4.69, 9.17) is 5.11 Å². The maximum atomic E-state index is 10.6. The molecule has 1 atom stereocenters. The molecule has 3 nitrogen and oxygen atoms in total. The van der Waals surface area contributed by atoms with Crippen molar-refractivity contribution in [3.63, 3.8) is 0 Å². The van der Waals surface area contributed by atoms with E-state index in [-0.39, 0.29) is 13.0 Å². The van der Waals surface area contributed by atoms with Crippen molar-refractivity contribution in [3.05, 3.63) is 12.2 Å². The van der Waals surface area contributed by atoms with Gasteiger partial charge in [0.25, 0.3) is 5.87 Å². The summed E-state index contributed by atoms with van der Waals surface area (Å²) < 4.78 is 0. The Bertz CT molecular complexity index is 231. The van der Waals surface area contributed by atoms with Crippen molar-refractivity contribution in [1.82, 2.24) is 5.23 Å². The molecule has 0 aromatic rings. The number of hydrogen-bond donors (Lipinski definition) is 2. The van der Waals surface area contributed by atoms with Gasteiger partial charge in [-0.15, -0.1) is 6.58 Å². The van der Waals surface area contributed by atoms with Gasteiger partial charge in [0, 0.05) is 5.54 Å². The lowest BCUT2D eigenvalue weighted by atomic mass is 9.79. The molecule has 0 spiro atoms. The van der Waals surface area contributed by atoms with E-state index in [9.17, 15) is 4.79 Å². The number of hydrogen-bond acceptors (Lipinski definition) is 2. The van der Waals surface area contributed by atoms with Crippen molar-refractivity contribution in [2.24, 2.45) is 0 Å². The summed E-state index contributed by atoms with van der Waals surface area (Å²) in [6.07, 6.45) is 3.82. The topological polar surface area (TPSA) is 49.3 Å². The van der Waals surface area contributed by atoms with Gasteiger partial charge in [0.1, 0.15) is 0 Å². The van der Waals surface area contributed by atoms with Crippen LogP contribution in [0.3, 0.4) is 0 Å². The van der Waals surface area contributed by atoms with Crippen LogP contribution in [0.5, 0.6) is 0 Å². The molecule has 0 heterocycles. The molecule has 86 valence electrons. The first kappa shape index (κ1) is 14.2. The molecule has 0 radical (unpaired) electrons. The van der Waals surface area contributed by atoms with E-state index in [0.717, 1.165) is 31.3 Å². The highest BCUT2D eigenvalue weighted by molar-refractivity contribution is 6.69. The van der Waals surface area contributed by atoms with Crippen molar-refractivity contribution in [3.8, 4) is 0 Å². The monoisotopic (exact) mass is 211 g/mol. The first-order valence-electron chi connectivity index (χ1n) is 5.57. The molecule has 0 bridgehead atoms. The average Bonchev–Trinajstić information content (AvgIpc) is 2.14. The van der Waals surface area contributed by atoms with Gasteiger partial charge in [-0.3, -0.25) is 4.79 Å². The van der Waals surface area contributed by atoms with Gasteiger partial charge in [-0.05, 0) is 26.2 Å². The lowest BCUT2D eigenvalue weighted by molar-refractivity contribution is 0.218. The third kappa shape index (κ3) is 5.62. The molecule has 1 unspecified atom stereocenters. The Morgan fingerprint density at radius 2 is 2.13 bits per heavy atom. The third-order valence-corrected chi connectivity index (χ3v) is 2.66. The highest BCUT2D eigenvalue weighted by Gasteiger charge is 2.27. The Balaban J connectivity index is 4.48. The molecular weight excluding hydrogens is 189 g/mol. The Morgan fingerprint density at radius 3 is 2.47 bits per heavy atom. The zero-order valence-corrected chi connectivity index (χ0v) is 10.1. The van der Waals surface area contributed by atoms with Gasteiger partial charge >= 0.3 is 7.41 Å². The van der Waals surface area contributed by atoms with Gasteiger partial charge in [0.15, 0.2) is 0 Å². The fraction of sp³-hybridized carbons (Fsp3) is 0.727. The second-order valence-corrected chi connectivity index (χ2v) is 4.27. The Labute approximate surface area is 93.2 Å². The third-order valence-electron chi connectivity index (χ3n) is 2.66. The van der Waals surface area contributed by atoms with Crippen molar-refractivity contribution in [1.29, 1.82) is 0 Å². The standard InChI is InChI=1S/C11H22BNO2/c1-5-7-11(6-2,8-9(3)4)13-12-10(14)15/h12-13H,3,5-8H2,1-2,4H3,(H,14,15). The number of nitrogens with one attached hydrogen (secondary N) is 1. The van der Waals surface area contributed by atoms with Crippen molar-refractivity contribution in [2.75, 3.05) is 0 Å². The molecular formula is C11H22BNO2. The smallest absolute Gasteiger partial charge is 0.338 e. The van der Waals surface area contributed by atoms with Crippen LogP contribution in [0.15, 0.2) is 12.2 Å². The number of carboxylic acid groups (broad SMARTS) is 1. The first-order valence-corrected chi connectivity index (χ1v) is 5.57. The van der Waals surface area contributed by atoms with Crippen LogP contribution >= 0.6 is 0 Å². The minimum absolute atomic E-state index is 0.0289.